The summed E-state index contributed by atoms with van der Waals surface area (Å²) < 4.78 is 0. The monoisotopic (exact) mass is 112 g/mol. The lowest BCUT2D eigenvalue weighted by Crippen LogP contribution is -1.91. The van der Waals surface area contributed by atoms with Gasteiger partial charge in [0.05, 0.1) is 6.21 Å². The maximum Gasteiger partial charge on any atom is 0.287 e. The van der Waals surface area contributed by atoms with Crippen molar-refractivity contribution >= 4 is 25.2 Å². The molecule has 0 bridgehead atoms. The Morgan fingerprint density at radius 1 is 1.62 bits per heavy atom. The maximum absolute atomic E-state index is 10.0. The highest BCUT2D eigenvalue weighted by Gasteiger charge is 1.83. The van der Waals surface area contributed by atoms with E-state index in [0.29, 0.717) is 0 Å². The standard InChI is InChI=1S/C4H4N2O2/c1-5-4(8)2-6-3-7/h2-3H,1H2. The third kappa shape index (κ3) is 2.89. The van der Waals surface area contributed by atoms with Crippen LogP contribution in [0.25, 0.3) is 0 Å². The number of hydrogen-bond donors (Lipinski definition) is 0. The van der Waals surface area contributed by atoms with E-state index in [4.69, 9.17) is 0 Å². The second-order valence-electron chi connectivity index (χ2n) is 0.880. The zero-order valence-corrected chi connectivity index (χ0v) is 4.07. The largest absolute Gasteiger partial charge is 0.287 e. The molecule has 0 N–H and O–H groups in total. The molecule has 4 heteroatoms. The lowest BCUT2D eigenvalue weighted by Gasteiger charge is -1.71. The van der Waals surface area contributed by atoms with Crippen molar-refractivity contribution in [2.24, 2.45) is 9.98 Å². The Hall–Kier alpha value is -1.32. The number of rotatable bonds is 2. The van der Waals surface area contributed by atoms with Gasteiger partial charge in [0, 0.05) is 0 Å². The van der Waals surface area contributed by atoms with Crippen LogP contribution in [0.3, 0.4) is 0 Å². The van der Waals surface area contributed by atoms with Gasteiger partial charge in [-0.2, -0.15) is 0 Å². The molecular formula is C4H4N2O2. The van der Waals surface area contributed by atoms with Crippen molar-refractivity contribution in [2.75, 3.05) is 0 Å². The average molecular weight is 112 g/mol. The summed E-state index contributed by atoms with van der Waals surface area (Å²) >= 11 is 0. The second-order valence-corrected chi connectivity index (χ2v) is 0.880. The molecule has 0 heterocycles. The van der Waals surface area contributed by atoms with E-state index in [9.17, 15) is 9.59 Å². The fourth-order valence-corrected chi connectivity index (χ4v) is 0.135. The molecule has 0 radical (unpaired) electrons. The smallest absolute Gasteiger partial charge is 0.276 e. The van der Waals surface area contributed by atoms with Gasteiger partial charge in [0.25, 0.3) is 5.91 Å². The summed E-state index contributed by atoms with van der Waals surface area (Å²) in [5.74, 6) is -0.614. The molecule has 0 aromatic carbocycles. The first-order valence-corrected chi connectivity index (χ1v) is 1.78. The van der Waals surface area contributed by atoms with Crippen LogP contribution in [0.15, 0.2) is 9.98 Å². The molecule has 0 atom stereocenters. The van der Waals surface area contributed by atoms with Crippen LogP contribution in [0.5, 0.6) is 0 Å². The summed E-state index contributed by atoms with van der Waals surface area (Å²) in [7, 11) is 0. The van der Waals surface area contributed by atoms with Gasteiger partial charge < -0.3 is 0 Å². The maximum atomic E-state index is 10.0. The SMILES string of the molecule is C=NC(=O)C=NC=O. The van der Waals surface area contributed by atoms with Crippen LogP contribution in [0.2, 0.25) is 0 Å². The minimum absolute atomic E-state index is 0.253. The van der Waals surface area contributed by atoms with Crippen LogP contribution in [0.4, 0.5) is 0 Å². The van der Waals surface area contributed by atoms with E-state index in [1.165, 1.54) is 0 Å². The highest BCUT2D eigenvalue weighted by molar-refractivity contribution is 6.28. The Balaban J connectivity index is 3.69. The highest BCUT2D eigenvalue weighted by Crippen LogP contribution is 1.63. The molecule has 0 saturated heterocycles. The first-order valence-electron chi connectivity index (χ1n) is 1.78. The fraction of sp³-hybridized carbons (Fsp3) is 0. The van der Waals surface area contributed by atoms with Crippen molar-refractivity contribution in [2.45, 2.75) is 0 Å². The van der Waals surface area contributed by atoms with Crippen LogP contribution in [-0.2, 0) is 9.59 Å². The van der Waals surface area contributed by atoms with Crippen molar-refractivity contribution in [3.63, 3.8) is 0 Å². The summed E-state index contributed by atoms with van der Waals surface area (Å²) in [6.45, 7) is 2.91. The van der Waals surface area contributed by atoms with Gasteiger partial charge in [-0.05, 0) is 6.72 Å². The first-order chi connectivity index (χ1) is 3.81. The first kappa shape index (κ1) is 6.68. The topological polar surface area (TPSA) is 58.9 Å². The molecule has 0 unspecified atom stereocenters. The van der Waals surface area contributed by atoms with Gasteiger partial charge in [-0.25, -0.2) is 9.98 Å². The fourth-order valence-electron chi connectivity index (χ4n) is 0.135. The number of aliphatic imine (C=N–C) groups is 2. The van der Waals surface area contributed by atoms with E-state index in [2.05, 4.69) is 16.7 Å². The van der Waals surface area contributed by atoms with E-state index >= 15 is 0 Å². The van der Waals surface area contributed by atoms with Crippen molar-refractivity contribution in [3.05, 3.63) is 0 Å². The minimum atomic E-state index is -0.614. The Morgan fingerprint density at radius 3 is 2.62 bits per heavy atom. The summed E-state index contributed by atoms with van der Waals surface area (Å²) in [6, 6.07) is 0. The third-order valence-electron chi connectivity index (χ3n) is 0.402. The zero-order valence-electron chi connectivity index (χ0n) is 4.07. The molecule has 0 saturated carbocycles. The van der Waals surface area contributed by atoms with Gasteiger partial charge >= 0.3 is 0 Å². The molecule has 42 valence electrons. The molecule has 0 aliphatic heterocycles. The summed E-state index contributed by atoms with van der Waals surface area (Å²) in [6.07, 6.45) is 1.04. The zero-order chi connectivity index (χ0) is 6.41. The van der Waals surface area contributed by atoms with Crippen LogP contribution in [-0.4, -0.2) is 25.2 Å². The van der Waals surface area contributed by atoms with Crippen LogP contribution in [0, 0.1) is 0 Å². The van der Waals surface area contributed by atoms with Gasteiger partial charge in [-0.1, -0.05) is 0 Å². The molecule has 0 aliphatic carbocycles. The van der Waals surface area contributed by atoms with Crippen LogP contribution >= 0.6 is 0 Å². The Bertz CT molecular complexity index is 139. The number of nitrogens with zero attached hydrogens (tertiary/aromatic N) is 2. The number of amides is 2. The Morgan fingerprint density at radius 2 is 2.25 bits per heavy atom. The molecule has 0 aromatic rings. The Labute approximate surface area is 45.9 Å². The minimum Gasteiger partial charge on any atom is -0.276 e. The van der Waals surface area contributed by atoms with Gasteiger partial charge in [0.1, 0.15) is 0 Å². The highest BCUT2D eigenvalue weighted by atomic mass is 16.1. The van der Waals surface area contributed by atoms with Gasteiger partial charge in [-0.15, -0.1) is 0 Å². The van der Waals surface area contributed by atoms with Crippen LogP contribution < -0.4 is 0 Å². The van der Waals surface area contributed by atoms with Gasteiger partial charge in [0.2, 0.25) is 6.41 Å². The number of carbonyl (C=O) groups excluding carboxylic acids is 2. The third-order valence-corrected chi connectivity index (χ3v) is 0.402. The predicted octanol–water partition coefficient (Wildman–Crippen LogP) is -0.559. The second kappa shape index (κ2) is 3.86. The van der Waals surface area contributed by atoms with Crippen molar-refractivity contribution < 1.29 is 9.59 Å². The van der Waals surface area contributed by atoms with E-state index in [1.54, 1.807) is 0 Å². The molecule has 2 amide bonds. The van der Waals surface area contributed by atoms with Crippen molar-refractivity contribution in [1.82, 2.24) is 0 Å². The molecule has 0 fully saturated rings. The summed E-state index contributed by atoms with van der Waals surface area (Å²) in [4.78, 5) is 25.3. The van der Waals surface area contributed by atoms with E-state index < -0.39 is 5.91 Å². The molecule has 0 aromatic heterocycles. The quantitative estimate of drug-likeness (QED) is 0.355. The average Bonchev–Trinajstić information content (AvgIpc) is 1.83. The lowest BCUT2D eigenvalue weighted by molar-refractivity contribution is -0.112. The van der Waals surface area contributed by atoms with E-state index in [0.717, 1.165) is 6.21 Å². The number of hydrogen-bond acceptors (Lipinski definition) is 2. The molecule has 8 heavy (non-hydrogen) atoms. The summed E-state index contributed by atoms with van der Waals surface area (Å²) in [5.41, 5.74) is 0. The van der Waals surface area contributed by atoms with Gasteiger partial charge in [0.15, 0.2) is 0 Å². The van der Waals surface area contributed by atoms with Crippen LogP contribution in [0.1, 0.15) is 0 Å². The lowest BCUT2D eigenvalue weighted by atomic mass is 10.7. The molecule has 0 spiro atoms. The molecule has 0 aliphatic rings. The van der Waals surface area contributed by atoms with Crippen molar-refractivity contribution in [1.29, 1.82) is 0 Å². The van der Waals surface area contributed by atoms with Gasteiger partial charge in [-0.3, -0.25) is 9.59 Å². The predicted molar refractivity (Wildman–Crippen MR) is 29.1 cm³/mol. The van der Waals surface area contributed by atoms with Crippen molar-refractivity contribution in [3.8, 4) is 0 Å². The number of carbonyl (C=O) groups is 2. The van der Waals surface area contributed by atoms with E-state index in [1.807, 2.05) is 0 Å². The molecular weight excluding hydrogens is 108 g/mol. The normalized spacial score (nSPS) is 9.00. The molecule has 4 nitrogen and oxygen atoms in total. The summed E-state index contributed by atoms with van der Waals surface area (Å²) in [5, 5.41) is 0. The van der Waals surface area contributed by atoms with E-state index in [-0.39, 0.29) is 6.41 Å². The molecule has 0 rings (SSSR count). The Kier molecular flexibility index (Phi) is 3.22.